The monoisotopic (exact) mass is 239 g/mol. The number of nitrogens with zero attached hydrogens (tertiary/aromatic N) is 2. The highest BCUT2D eigenvalue weighted by Crippen LogP contribution is 2.17. The lowest BCUT2D eigenvalue weighted by Gasteiger charge is -2.29. The number of carbonyl (C=O) groups excluding carboxylic acids is 1. The molecule has 1 aliphatic heterocycles. The van der Waals surface area contributed by atoms with Gasteiger partial charge in [-0.15, -0.1) is 0 Å². The fraction of sp³-hybridized carbons (Fsp3) is 0.545. The van der Waals surface area contributed by atoms with Crippen LogP contribution in [0.2, 0.25) is 0 Å². The van der Waals surface area contributed by atoms with Crippen molar-refractivity contribution in [3.8, 4) is 0 Å². The minimum atomic E-state index is -1.10. The molecule has 92 valence electrons. The fourth-order valence-electron chi connectivity index (χ4n) is 1.89. The molecule has 0 aliphatic carbocycles. The summed E-state index contributed by atoms with van der Waals surface area (Å²) in [4.78, 5) is 30.2. The Kier molecular flexibility index (Phi) is 3.21. The highest BCUT2D eigenvalue weighted by molar-refractivity contribution is 5.92. The molecule has 1 aliphatic rings. The van der Waals surface area contributed by atoms with E-state index < -0.39 is 17.3 Å². The number of halogens is 1. The Hall–Kier alpha value is -1.72. The highest BCUT2D eigenvalue weighted by atomic mass is 19.1. The van der Waals surface area contributed by atoms with E-state index >= 15 is 0 Å². The van der Waals surface area contributed by atoms with Gasteiger partial charge in [0.25, 0.3) is 11.5 Å². The van der Waals surface area contributed by atoms with E-state index in [0.717, 1.165) is 19.2 Å². The number of aromatic amines is 1. The van der Waals surface area contributed by atoms with Crippen LogP contribution < -0.4 is 5.56 Å². The molecule has 0 bridgehead atoms. The van der Waals surface area contributed by atoms with Gasteiger partial charge in [0.1, 0.15) is 0 Å². The van der Waals surface area contributed by atoms with Crippen LogP contribution in [0.15, 0.2) is 11.1 Å². The number of amides is 1. The van der Waals surface area contributed by atoms with E-state index in [9.17, 15) is 14.0 Å². The second-order valence-electron chi connectivity index (χ2n) is 4.37. The van der Waals surface area contributed by atoms with Gasteiger partial charge in [0.2, 0.25) is 5.82 Å². The first-order chi connectivity index (χ1) is 8.09. The smallest absolute Gasteiger partial charge is 0.287 e. The number of carbonyl (C=O) groups is 1. The zero-order chi connectivity index (χ0) is 12.4. The summed E-state index contributed by atoms with van der Waals surface area (Å²) in [6, 6.07) is 0. The lowest BCUT2D eigenvalue weighted by atomic mass is 9.99. The number of nitrogens with one attached hydrogen (secondary N) is 1. The summed E-state index contributed by atoms with van der Waals surface area (Å²) in [5.41, 5.74) is -1.29. The molecule has 2 heterocycles. The van der Waals surface area contributed by atoms with E-state index in [0.29, 0.717) is 19.0 Å². The molecule has 1 fully saturated rings. The zero-order valence-corrected chi connectivity index (χ0v) is 9.57. The molecule has 0 atom stereocenters. The summed E-state index contributed by atoms with van der Waals surface area (Å²) in [6.07, 6.45) is 2.85. The Bertz CT molecular complexity index is 478. The Balaban J connectivity index is 2.20. The van der Waals surface area contributed by atoms with Crippen molar-refractivity contribution in [2.45, 2.75) is 19.8 Å². The zero-order valence-electron chi connectivity index (χ0n) is 9.57. The molecule has 1 aromatic rings. The average molecular weight is 239 g/mol. The minimum Gasteiger partial charge on any atom is -0.337 e. The van der Waals surface area contributed by atoms with Gasteiger partial charge >= 0.3 is 0 Å². The molecule has 1 N–H and O–H groups in total. The van der Waals surface area contributed by atoms with Crippen LogP contribution in [0.3, 0.4) is 0 Å². The van der Waals surface area contributed by atoms with Crippen molar-refractivity contribution in [1.82, 2.24) is 14.9 Å². The molecule has 1 amide bonds. The summed E-state index contributed by atoms with van der Waals surface area (Å²) in [7, 11) is 0. The van der Waals surface area contributed by atoms with Crippen LogP contribution >= 0.6 is 0 Å². The number of piperidine rings is 1. The first kappa shape index (κ1) is 11.8. The fourth-order valence-corrected chi connectivity index (χ4v) is 1.89. The summed E-state index contributed by atoms with van der Waals surface area (Å²) in [5.74, 6) is -1.02. The van der Waals surface area contributed by atoms with Crippen LogP contribution in [-0.2, 0) is 0 Å². The van der Waals surface area contributed by atoms with Crippen molar-refractivity contribution in [3.63, 3.8) is 0 Å². The maximum atomic E-state index is 13.4. The highest BCUT2D eigenvalue weighted by Gasteiger charge is 2.25. The van der Waals surface area contributed by atoms with Crippen LogP contribution in [0.1, 0.15) is 30.3 Å². The van der Waals surface area contributed by atoms with Crippen LogP contribution in [0.4, 0.5) is 4.39 Å². The van der Waals surface area contributed by atoms with Crippen LogP contribution in [-0.4, -0.2) is 33.9 Å². The Morgan fingerprint density at radius 1 is 1.53 bits per heavy atom. The van der Waals surface area contributed by atoms with E-state index in [1.165, 1.54) is 0 Å². The van der Waals surface area contributed by atoms with Gasteiger partial charge in [-0.1, -0.05) is 6.92 Å². The van der Waals surface area contributed by atoms with Crippen molar-refractivity contribution < 1.29 is 9.18 Å². The number of aromatic nitrogens is 2. The maximum absolute atomic E-state index is 13.4. The summed E-state index contributed by atoms with van der Waals surface area (Å²) >= 11 is 0. The number of H-pyrrole nitrogens is 1. The predicted octanol–water partition coefficient (Wildman–Crippen LogP) is 0.781. The Labute approximate surface area is 97.7 Å². The molecule has 6 heteroatoms. The first-order valence-corrected chi connectivity index (χ1v) is 5.62. The van der Waals surface area contributed by atoms with Gasteiger partial charge in [-0.2, -0.15) is 4.39 Å². The molecule has 0 unspecified atom stereocenters. The van der Waals surface area contributed by atoms with Crippen LogP contribution in [0.25, 0.3) is 0 Å². The lowest BCUT2D eigenvalue weighted by Crippen LogP contribution is -2.39. The molecule has 5 nitrogen and oxygen atoms in total. The third kappa shape index (κ3) is 2.35. The second-order valence-corrected chi connectivity index (χ2v) is 4.37. The van der Waals surface area contributed by atoms with Gasteiger partial charge in [-0.05, 0) is 18.8 Å². The molecule has 0 aromatic carbocycles. The van der Waals surface area contributed by atoms with Gasteiger partial charge in [0, 0.05) is 13.1 Å². The SMILES string of the molecule is CC1CCN(C(=O)c2nc[nH]c(=O)c2F)CC1. The van der Waals surface area contributed by atoms with Gasteiger partial charge < -0.3 is 9.88 Å². The van der Waals surface area contributed by atoms with Gasteiger partial charge in [0.15, 0.2) is 5.69 Å². The minimum absolute atomic E-state index is 0.386. The molecule has 2 rings (SSSR count). The average Bonchev–Trinajstić information content (AvgIpc) is 2.33. The van der Waals surface area contributed by atoms with Crippen molar-refractivity contribution in [2.24, 2.45) is 5.92 Å². The van der Waals surface area contributed by atoms with Gasteiger partial charge in [0.05, 0.1) is 6.33 Å². The number of hydrogen-bond acceptors (Lipinski definition) is 3. The summed E-state index contributed by atoms with van der Waals surface area (Å²) in [6.45, 7) is 3.30. The molecule has 0 radical (unpaired) electrons. The number of rotatable bonds is 1. The maximum Gasteiger partial charge on any atom is 0.287 e. The number of likely N-dealkylation sites (tertiary alicyclic amines) is 1. The summed E-state index contributed by atoms with van der Waals surface area (Å²) < 4.78 is 13.4. The third-order valence-corrected chi connectivity index (χ3v) is 3.07. The topological polar surface area (TPSA) is 66.1 Å². The Morgan fingerprint density at radius 3 is 2.82 bits per heavy atom. The van der Waals surface area contributed by atoms with Crippen LogP contribution in [0, 0.1) is 11.7 Å². The van der Waals surface area contributed by atoms with Gasteiger partial charge in [-0.25, -0.2) is 4.98 Å². The first-order valence-electron chi connectivity index (χ1n) is 5.62. The number of hydrogen-bond donors (Lipinski definition) is 1. The van der Waals surface area contributed by atoms with Gasteiger partial charge in [-0.3, -0.25) is 9.59 Å². The van der Waals surface area contributed by atoms with Crippen molar-refractivity contribution in [1.29, 1.82) is 0 Å². The quantitative estimate of drug-likeness (QED) is 0.787. The van der Waals surface area contributed by atoms with E-state index in [1.54, 1.807) is 4.90 Å². The van der Waals surface area contributed by atoms with E-state index in [-0.39, 0.29) is 5.69 Å². The van der Waals surface area contributed by atoms with Crippen molar-refractivity contribution in [3.05, 3.63) is 28.2 Å². The van der Waals surface area contributed by atoms with Crippen molar-refractivity contribution >= 4 is 5.91 Å². The lowest BCUT2D eigenvalue weighted by molar-refractivity contribution is 0.0685. The Morgan fingerprint density at radius 2 is 2.18 bits per heavy atom. The molecular formula is C11H14FN3O2. The summed E-state index contributed by atoms with van der Waals surface area (Å²) in [5, 5.41) is 0. The molecule has 0 saturated carbocycles. The largest absolute Gasteiger partial charge is 0.337 e. The van der Waals surface area contributed by atoms with E-state index in [1.807, 2.05) is 0 Å². The predicted molar refractivity (Wildman–Crippen MR) is 59.1 cm³/mol. The van der Waals surface area contributed by atoms with Crippen molar-refractivity contribution in [2.75, 3.05) is 13.1 Å². The molecule has 1 saturated heterocycles. The second kappa shape index (κ2) is 4.65. The third-order valence-electron chi connectivity index (χ3n) is 3.07. The molecule has 0 spiro atoms. The van der Waals surface area contributed by atoms with Crippen LogP contribution in [0.5, 0.6) is 0 Å². The molecule has 1 aromatic heterocycles. The van der Waals surface area contributed by atoms with E-state index in [4.69, 9.17) is 0 Å². The molecule has 17 heavy (non-hydrogen) atoms. The standard InChI is InChI=1S/C11H14FN3O2/c1-7-2-4-15(5-3-7)11(17)9-8(12)10(16)14-6-13-9/h6-7H,2-5H2,1H3,(H,13,14,16). The molecular weight excluding hydrogens is 225 g/mol. The van der Waals surface area contributed by atoms with E-state index in [2.05, 4.69) is 16.9 Å². The normalized spacial score (nSPS) is 17.2.